The van der Waals surface area contributed by atoms with Crippen LogP contribution in [0.4, 0.5) is 4.79 Å². The summed E-state index contributed by atoms with van der Waals surface area (Å²) in [6, 6.07) is 0.0130. The number of aryl methyl sites for hydroxylation is 1. The normalized spacial score (nSPS) is 20.7. The van der Waals surface area contributed by atoms with E-state index in [2.05, 4.69) is 41.1 Å². The number of nitrogens with one attached hydrogen (secondary N) is 1. The van der Waals surface area contributed by atoms with Crippen LogP contribution in [0.3, 0.4) is 0 Å². The van der Waals surface area contributed by atoms with Gasteiger partial charge in [-0.25, -0.2) is 4.79 Å². The van der Waals surface area contributed by atoms with E-state index in [0.29, 0.717) is 6.54 Å². The molecule has 0 bridgehead atoms. The number of likely N-dealkylation sites (N-methyl/N-ethyl adjacent to an activating group) is 1. The monoisotopic (exact) mass is 376 g/mol. The molecule has 0 atom stereocenters. The number of amides is 2. The lowest BCUT2D eigenvalue weighted by Gasteiger charge is -2.45. The highest BCUT2D eigenvalue weighted by molar-refractivity contribution is 5.74. The van der Waals surface area contributed by atoms with Gasteiger partial charge in [0.05, 0.1) is 12.7 Å². The van der Waals surface area contributed by atoms with Gasteiger partial charge in [-0.2, -0.15) is 5.10 Å². The molecular formula is C20H36N6O. The quantitative estimate of drug-likeness (QED) is 0.824. The second kappa shape index (κ2) is 8.61. The van der Waals surface area contributed by atoms with Crippen LogP contribution in [0.2, 0.25) is 0 Å². The predicted octanol–water partition coefficient (Wildman–Crippen LogP) is 1.91. The molecule has 1 saturated heterocycles. The first kappa shape index (κ1) is 20.1. The number of rotatable bonds is 6. The highest BCUT2D eigenvalue weighted by Crippen LogP contribution is 2.35. The summed E-state index contributed by atoms with van der Waals surface area (Å²) in [5.41, 5.74) is 2.41. The van der Waals surface area contributed by atoms with E-state index < -0.39 is 0 Å². The highest BCUT2D eigenvalue weighted by atomic mass is 16.2. The number of urea groups is 1. The minimum atomic E-state index is 0.0130. The van der Waals surface area contributed by atoms with Crippen molar-refractivity contribution in [3.63, 3.8) is 0 Å². The largest absolute Gasteiger partial charge is 0.336 e. The van der Waals surface area contributed by atoms with Gasteiger partial charge in [0.15, 0.2) is 0 Å². The Balaban J connectivity index is 1.56. The van der Waals surface area contributed by atoms with Crippen LogP contribution in [0.1, 0.15) is 43.9 Å². The van der Waals surface area contributed by atoms with Crippen LogP contribution in [0, 0.1) is 6.92 Å². The highest BCUT2D eigenvalue weighted by Gasteiger charge is 2.40. The Morgan fingerprint density at radius 3 is 2.52 bits per heavy atom. The minimum Gasteiger partial charge on any atom is -0.336 e. The summed E-state index contributed by atoms with van der Waals surface area (Å²) in [6.07, 6.45) is 6.82. The number of carbonyl (C=O) groups excluding carboxylic acids is 1. The zero-order chi connectivity index (χ0) is 19.4. The van der Waals surface area contributed by atoms with E-state index in [-0.39, 0.29) is 11.6 Å². The first-order valence-electron chi connectivity index (χ1n) is 10.4. The first-order chi connectivity index (χ1) is 12.9. The lowest BCUT2D eigenvalue weighted by atomic mass is 9.94. The van der Waals surface area contributed by atoms with Gasteiger partial charge in [-0.1, -0.05) is 12.8 Å². The van der Waals surface area contributed by atoms with E-state index in [1.165, 1.54) is 25.7 Å². The Hall–Kier alpha value is -1.60. The lowest BCUT2D eigenvalue weighted by molar-refractivity contribution is 0.0435. The summed E-state index contributed by atoms with van der Waals surface area (Å²) in [7, 11) is 4.06. The van der Waals surface area contributed by atoms with Crippen molar-refractivity contribution in [2.24, 2.45) is 0 Å². The average molecular weight is 377 g/mol. The molecule has 3 rings (SSSR count). The molecule has 152 valence electrons. The van der Waals surface area contributed by atoms with Gasteiger partial charge >= 0.3 is 6.03 Å². The van der Waals surface area contributed by atoms with Crippen molar-refractivity contribution >= 4 is 6.03 Å². The summed E-state index contributed by atoms with van der Waals surface area (Å²) in [6.45, 7) is 10.8. The zero-order valence-electron chi connectivity index (χ0n) is 17.5. The second-order valence-electron chi connectivity index (χ2n) is 8.31. The third kappa shape index (κ3) is 4.46. The molecular weight excluding hydrogens is 340 g/mol. The van der Waals surface area contributed by atoms with Crippen molar-refractivity contribution in [3.8, 4) is 0 Å². The average Bonchev–Trinajstić information content (AvgIpc) is 3.28. The van der Waals surface area contributed by atoms with E-state index in [9.17, 15) is 4.79 Å². The molecule has 1 saturated carbocycles. The lowest BCUT2D eigenvalue weighted by Crippen LogP contribution is -2.60. The van der Waals surface area contributed by atoms with Crippen LogP contribution in [-0.2, 0) is 13.1 Å². The Morgan fingerprint density at radius 1 is 1.26 bits per heavy atom. The number of carbonyl (C=O) groups is 1. The first-order valence-corrected chi connectivity index (χ1v) is 10.4. The fourth-order valence-electron chi connectivity index (χ4n) is 4.58. The van der Waals surface area contributed by atoms with Gasteiger partial charge in [-0.15, -0.1) is 0 Å². The summed E-state index contributed by atoms with van der Waals surface area (Å²) in [5, 5.41) is 7.62. The van der Waals surface area contributed by atoms with Crippen molar-refractivity contribution in [2.45, 2.75) is 58.2 Å². The molecule has 27 heavy (non-hydrogen) atoms. The van der Waals surface area contributed by atoms with Crippen LogP contribution in [0.15, 0.2) is 6.20 Å². The molecule has 1 N–H and O–H groups in total. The molecule has 7 nitrogen and oxygen atoms in total. The molecule has 1 aliphatic carbocycles. The smallest absolute Gasteiger partial charge is 0.317 e. The van der Waals surface area contributed by atoms with Gasteiger partial charge in [-0.05, 0) is 33.7 Å². The molecule has 1 aromatic rings. The fourth-order valence-corrected chi connectivity index (χ4v) is 4.58. The van der Waals surface area contributed by atoms with Gasteiger partial charge in [0.25, 0.3) is 0 Å². The van der Waals surface area contributed by atoms with Crippen LogP contribution < -0.4 is 5.32 Å². The predicted molar refractivity (Wildman–Crippen MR) is 108 cm³/mol. The Labute approximate surface area is 163 Å². The van der Waals surface area contributed by atoms with Gasteiger partial charge in [-0.3, -0.25) is 9.58 Å². The van der Waals surface area contributed by atoms with Crippen LogP contribution in [0.5, 0.6) is 0 Å². The van der Waals surface area contributed by atoms with E-state index in [1.54, 1.807) is 4.90 Å². The van der Waals surface area contributed by atoms with E-state index >= 15 is 0 Å². The van der Waals surface area contributed by atoms with Crippen molar-refractivity contribution in [3.05, 3.63) is 17.5 Å². The number of aromatic nitrogens is 2. The van der Waals surface area contributed by atoms with Gasteiger partial charge in [0.1, 0.15) is 0 Å². The summed E-state index contributed by atoms with van der Waals surface area (Å²) in [4.78, 5) is 19.5. The number of nitrogens with zero attached hydrogens (tertiary/aromatic N) is 5. The minimum absolute atomic E-state index is 0.0130. The third-order valence-electron chi connectivity index (χ3n) is 6.54. The molecule has 0 radical (unpaired) electrons. The Morgan fingerprint density at radius 2 is 1.93 bits per heavy atom. The Bertz CT molecular complexity index is 628. The molecule has 2 amide bonds. The van der Waals surface area contributed by atoms with Crippen molar-refractivity contribution in [1.82, 2.24) is 29.8 Å². The summed E-state index contributed by atoms with van der Waals surface area (Å²) < 4.78 is 1.97. The molecule has 7 heteroatoms. The maximum absolute atomic E-state index is 12.7. The summed E-state index contributed by atoms with van der Waals surface area (Å²) >= 11 is 0. The molecule has 2 fully saturated rings. The second-order valence-corrected chi connectivity index (χ2v) is 8.31. The van der Waals surface area contributed by atoms with Crippen molar-refractivity contribution in [2.75, 3.05) is 46.8 Å². The van der Waals surface area contributed by atoms with Crippen molar-refractivity contribution in [1.29, 1.82) is 0 Å². The van der Waals surface area contributed by atoms with Crippen molar-refractivity contribution < 1.29 is 4.79 Å². The molecule has 2 heterocycles. The standard InChI is InChI=1S/C20H36N6O/c1-5-26-17(2)18(14-22-26)15-24(4)19(27)21-16-20(8-6-7-9-20)25-12-10-23(3)11-13-25/h14H,5-13,15-16H2,1-4H3,(H,21,27). The Kier molecular flexibility index (Phi) is 6.42. The van der Waals surface area contributed by atoms with Crippen LogP contribution in [-0.4, -0.2) is 82.9 Å². The van der Waals surface area contributed by atoms with Gasteiger partial charge in [0, 0.05) is 63.1 Å². The fraction of sp³-hybridized carbons (Fsp3) is 0.800. The maximum atomic E-state index is 12.7. The van der Waals surface area contributed by atoms with E-state index in [0.717, 1.165) is 50.5 Å². The summed E-state index contributed by atoms with van der Waals surface area (Å²) in [5.74, 6) is 0. The molecule has 0 spiro atoms. The maximum Gasteiger partial charge on any atom is 0.317 e. The number of piperazine rings is 1. The molecule has 1 aliphatic heterocycles. The molecule has 0 unspecified atom stereocenters. The number of hydrogen-bond acceptors (Lipinski definition) is 4. The molecule has 1 aromatic heterocycles. The molecule has 2 aliphatic rings. The van der Waals surface area contributed by atoms with E-state index in [4.69, 9.17) is 0 Å². The van der Waals surface area contributed by atoms with Gasteiger partial charge < -0.3 is 15.1 Å². The molecule has 0 aromatic carbocycles. The van der Waals surface area contributed by atoms with Crippen LogP contribution >= 0.6 is 0 Å². The SMILES string of the molecule is CCn1ncc(CN(C)C(=O)NCC2(N3CCN(C)CC3)CCCC2)c1C. The van der Waals surface area contributed by atoms with Crippen LogP contribution in [0.25, 0.3) is 0 Å². The van der Waals surface area contributed by atoms with E-state index in [1.807, 2.05) is 17.9 Å². The number of hydrogen-bond donors (Lipinski definition) is 1. The third-order valence-corrected chi connectivity index (χ3v) is 6.54. The topological polar surface area (TPSA) is 56.6 Å². The zero-order valence-corrected chi connectivity index (χ0v) is 17.5. The van der Waals surface area contributed by atoms with Gasteiger partial charge in [0.2, 0.25) is 0 Å².